The first-order valence-electron chi connectivity index (χ1n) is 5.91. The largest absolute Gasteiger partial charge is 0.462 e. The minimum Gasteiger partial charge on any atom is -0.462 e. The third-order valence-electron chi connectivity index (χ3n) is 2.36. The molecule has 0 radical (unpaired) electrons. The first-order valence-corrected chi connectivity index (χ1v) is 7.35. The molecular weight excluding hydrogens is 282 g/mol. The summed E-state index contributed by atoms with van der Waals surface area (Å²) in [5, 5.41) is 5.65. The molecule has 0 saturated heterocycles. The highest BCUT2D eigenvalue weighted by Gasteiger charge is 2.30. The Morgan fingerprint density at radius 2 is 2.05 bits per heavy atom. The third-order valence-corrected chi connectivity index (χ3v) is 4.17. The number of rotatable bonds is 8. The number of aromatic nitrogens is 2. The van der Waals surface area contributed by atoms with E-state index >= 15 is 0 Å². The average molecular weight is 299 g/mol. The highest BCUT2D eigenvalue weighted by molar-refractivity contribution is 7.89. The van der Waals surface area contributed by atoms with E-state index in [2.05, 4.69) is 23.4 Å². The summed E-state index contributed by atoms with van der Waals surface area (Å²) in [6, 6.07) is 0. The second-order valence-electron chi connectivity index (χ2n) is 3.73. The van der Waals surface area contributed by atoms with Gasteiger partial charge in [0.05, 0.1) is 12.8 Å². The van der Waals surface area contributed by atoms with Crippen LogP contribution < -0.4 is 0 Å². The molecule has 0 aromatic carbocycles. The minimum absolute atomic E-state index is 0.0929. The van der Waals surface area contributed by atoms with Crippen LogP contribution in [0.15, 0.2) is 36.5 Å². The Hall–Kier alpha value is -1.93. The maximum absolute atomic E-state index is 12.5. The smallest absolute Gasteiger partial charge is 0.342 e. The van der Waals surface area contributed by atoms with Crippen LogP contribution in [0.2, 0.25) is 0 Å². The van der Waals surface area contributed by atoms with Gasteiger partial charge in [-0.2, -0.15) is 9.40 Å². The van der Waals surface area contributed by atoms with E-state index in [1.54, 1.807) is 6.92 Å². The number of esters is 1. The maximum Gasteiger partial charge on any atom is 0.342 e. The molecule has 1 aromatic rings. The molecule has 0 aliphatic carbocycles. The van der Waals surface area contributed by atoms with Crippen LogP contribution in [0.1, 0.15) is 17.3 Å². The van der Waals surface area contributed by atoms with Crippen molar-refractivity contribution < 1.29 is 17.9 Å². The number of H-pyrrole nitrogens is 1. The third kappa shape index (κ3) is 3.34. The number of nitrogens with one attached hydrogen (secondary N) is 1. The van der Waals surface area contributed by atoms with E-state index in [1.165, 1.54) is 12.2 Å². The fraction of sp³-hybridized carbons (Fsp3) is 0.333. The van der Waals surface area contributed by atoms with Gasteiger partial charge in [-0.3, -0.25) is 5.10 Å². The van der Waals surface area contributed by atoms with Crippen LogP contribution in [0.4, 0.5) is 0 Å². The molecule has 20 heavy (non-hydrogen) atoms. The van der Waals surface area contributed by atoms with Gasteiger partial charge in [-0.05, 0) is 6.92 Å². The highest BCUT2D eigenvalue weighted by atomic mass is 32.2. The molecule has 0 spiro atoms. The molecule has 0 unspecified atom stereocenters. The number of ether oxygens (including phenoxy) is 1. The Kier molecular flexibility index (Phi) is 5.66. The topological polar surface area (TPSA) is 92.4 Å². The molecule has 0 fully saturated rings. The Balaban J connectivity index is 3.21. The summed E-state index contributed by atoms with van der Waals surface area (Å²) in [5.41, 5.74) is -0.120. The molecule has 1 aromatic heterocycles. The van der Waals surface area contributed by atoms with Crippen molar-refractivity contribution in [2.75, 3.05) is 19.7 Å². The first kappa shape index (κ1) is 16.1. The van der Waals surface area contributed by atoms with Crippen LogP contribution in [-0.2, 0) is 14.8 Å². The van der Waals surface area contributed by atoms with Crippen molar-refractivity contribution in [1.29, 1.82) is 0 Å². The summed E-state index contributed by atoms with van der Waals surface area (Å²) >= 11 is 0. The molecule has 0 amide bonds. The van der Waals surface area contributed by atoms with Crippen molar-refractivity contribution >= 4 is 16.0 Å². The van der Waals surface area contributed by atoms with Gasteiger partial charge < -0.3 is 4.74 Å². The Morgan fingerprint density at radius 1 is 1.45 bits per heavy atom. The number of nitrogens with zero attached hydrogens (tertiary/aromatic N) is 2. The zero-order valence-electron chi connectivity index (χ0n) is 11.2. The van der Waals surface area contributed by atoms with Crippen molar-refractivity contribution in [3.63, 3.8) is 0 Å². The van der Waals surface area contributed by atoms with Gasteiger partial charge >= 0.3 is 5.97 Å². The fourth-order valence-electron chi connectivity index (χ4n) is 1.51. The van der Waals surface area contributed by atoms with Crippen LogP contribution in [0.5, 0.6) is 0 Å². The van der Waals surface area contributed by atoms with Crippen molar-refractivity contribution in [3.05, 3.63) is 37.1 Å². The molecule has 0 aliphatic heterocycles. The Morgan fingerprint density at radius 3 is 2.55 bits per heavy atom. The summed E-state index contributed by atoms with van der Waals surface area (Å²) < 4.78 is 30.8. The second kappa shape index (κ2) is 7.01. The molecule has 1 heterocycles. The number of carbonyl (C=O) groups excluding carboxylic acids is 1. The van der Waals surface area contributed by atoms with Gasteiger partial charge in [0, 0.05) is 13.1 Å². The monoisotopic (exact) mass is 299 g/mol. The van der Waals surface area contributed by atoms with Crippen LogP contribution in [-0.4, -0.2) is 48.6 Å². The van der Waals surface area contributed by atoms with E-state index in [-0.39, 0.29) is 30.3 Å². The molecule has 0 bridgehead atoms. The predicted molar refractivity (Wildman–Crippen MR) is 73.7 cm³/mol. The standard InChI is InChI=1S/C12H17N3O4S/c1-4-7-15(8-5-2)20(17,18)11-10(9-13-14-11)12(16)19-6-3/h4-5,9H,1-2,6-8H2,3H3,(H,13,14). The van der Waals surface area contributed by atoms with E-state index in [1.807, 2.05) is 0 Å². The van der Waals surface area contributed by atoms with E-state index in [4.69, 9.17) is 4.74 Å². The summed E-state index contributed by atoms with van der Waals surface area (Å²) in [6.07, 6.45) is 4.02. The van der Waals surface area contributed by atoms with Gasteiger partial charge in [0.1, 0.15) is 5.56 Å². The van der Waals surface area contributed by atoms with Crippen LogP contribution in [0.25, 0.3) is 0 Å². The van der Waals surface area contributed by atoms with Crippen molar-refractivity contribution in [1.82, 2.24) is 14.5 Å². The minimum atomic E-state index is -3.90. The van der Waals surface area contributed by atoms with E-state index < -0.39 is 16.0 Å². The first-order chi connectivity index (χ1) is 9.48. The Labute approximate surface area is 118 Å². The number of hydrogen-bond acceptors (Lipinski definition) is 5. The highest BCUT2D eigenvalue weighted by Crippen LogP contribution is 2.18. The van der Waals surface area contributed by atoms with E-state index in [0.717, 1.165) is 10.5 Å². The van der Waals surface area contributed by atoms with Crippen LogP contribution >= 0.6 is 0 Å². The number of hydrogen-bond donors (Lipinski definition) is 1. The maximum atomic E-state index is 12.5. The molecule has 0 atom stereocenters. The zero-order valence-corrected chi connectivity index (χ0v) is 12.0. The normalized spacial score (nSPS) is 11.3. The molecular formula is C12H17N3O4S. The molecule has 1 rings (SSSR count). The van der Waals surface area contributed by atoms with E-state index in [0.29, 0.717) is 0 Å². The van der Waals surface area contributed by atoms with Gasteiger partial charge in [-0.1, -0.05) is 12.2 Å². The molecule has 8 heteroatoms. The molecule has 0 saturated carbocycles. The van der Waals surface area contributed by atoms with Gasteiger partial charge in [0.2, 0.25) is 0 Å². The predicted octanol–water partition coefficient (Wildman–Crippen LogP) is 0.949. The lowest BCUT2D eigenvalue weighted by atomic mass is 10.4. The number of sulfonamides is 1. The quantitative estimate of drug-likeness (QED) is 0.570. The number of aromatic amines is 1. The Bertz CT molecular complexity index is 582. The molecule has 110 valence electrons. The van der Waals surface area contributed by atoms with Gasteiger partial charge in [-0.15, -0.1) is 13.2 Å². The summed E-state index contributed by atoms with van der Waals surface area (Å²) in [5.74, 6) is -0.739. The average Bonchev–Trinajstić information content (AvgIpc) is 2.88. The SMILES string of the molecule is C=CCN(CC=C)S(=O)(=O)c1[nH]ncc1C(=O)OCC. The van der Waals surface area contributed by atoms with E-state index in [9.17, 15) is 13.2 Å². The van der Waals surface area contributed by atoms with Gasteiger partial charge in [-0.25, -0.2) is 13.2 Å². The summed E-state index contributed by atoms with van der Waals surface area (Å²) in [4.78, 5) is 11.7. The lowest BCUT2D eigenvalue weighted by molar-refractivity contribution is 0.0521. The van der Waals surface area contributed by atoms with Crippen molar-refractivity contribution in [2.24, 2.45) is 0 Å². The van der Waals surface area contributed by atoms with Crippen LogP contribution in [0, 0.1) is 0 Å². The molecule has 1 N–H and O–H groups in total. The lowest BCUT2D eigenvalue weighted by Gasteiger charge is -2.18. The summed E-state index contributed by atoms with van der Waals surface area (Å²) in [6.45, 7) is 8.98. The fourth-order valence-corrected chi connectivity index (χ4v) is 2.96. The second-order valence-corrected chi connectivity index (χ2v) is 5.61. The van der Waals surface area contributed by atoms with Crippen molar-refractivity contribution in [2.45, 2.75) is 11.9 Å². The number of carbonyl (C=O) groups is 1. The van der Waals surface area contributed by atoms with Crippen molar-refractivity contribution in [3.8, 4) is 0 Å². The molecule has 0 aliphatic rings. The van der Waals surface area contributed by atoms with Gasteiger partial charge in [0.25, 0.3) is 10.0 Å². The lowest BCUT2D eigenvalue weighted by Crippen LogP contribution is -2.32. The summed E-state index contributed by atoms with van der Waals surface area (Å²) in [7, 11) is -3.90. The van der Waals surface area contributed by atoms with Crippen LogP contribution in [0.3, 0.4) is 0 Å². The van der Waals surface area contributed by atoms with Gasteiger partial charge in [0.15, 0.2) is 5.03 Å². The zero-order chi connectivity index (χ0) is 15.2. The molecule has 7 nitrogen and oxygen atoms in total.